The molecule has 0 aliphatic rings. The monoisotopic (exact) mass is 378 g/mol. The Kier molecular flexibility index (Phi) is 5.10. The molecule has 9 heteroatoms. The van der Waals surface area contributed by atoms with Gasteiger partial charge in [-0.25, -0.2) is 21.9 Å². The molecule has 0 atom stereocenters. The van der Waals surface area contributed by atoms with E-state index < -0.39 is 27.4 Å². The maximum atomic E-state index is 13.2. The topological polar surface area (TPSA) is 76.9 Å². The normalized spacial score (nSPS) is 11.7. The summed E-state index contributed by atoms with van der Waals surface area (Å²) >= 11 is 0. The molecule has 0 aliphatic heterocycles. The van der Waals surface area contributed by atoms with E-state index in [4.69, 9.17) is 0 Å². The number of rotatable bonds is 6. The van der Waals surface area contributed by atoms with Crippen molar-refractivity contribution in [1.82, 2.24) is 19.5 Å². The van der Waals surface area contributed by atoms with Crippen molar-refractivity contribution in [2.75, 3.05) is 0 Å². The second-order valence-electron chi connectivity index (χ2n) is 5.78. The molecule has 136 valence electrons. The molecule has 3 rings (SSSR count). The summed E-state index contributed by atoms with van der Waals surface area (Å²) < 4.78 is 54.8. The quantitative estimate of drug-likeness (QED) is 0.715. The number of nitrogens with one attached hydrogen (secondary N) is 1. The third-order valence-corrected chi connectivity index (χ3v) is 4.98. The number of hydrogen-bond acceptors (Lipinski definition) is 4. The van der Waals surface area contributed by atoms with Gasteiger partial charge in [0.2, 0.25) is 10.0 Å². The Hall–Kier alpha value is -2.65. The molecule has 0 saturated heterocycles. The summed E-state index contributed by atoms with van der Waals surface area (Å²) in [5.41, 5.74) is 2.33. The Labute approximate surface area is 149 Å². The van der Waals surface area contributed by atoms with Crippen molar-refractivity contribution >= 4 is 10.0 Å². The second kappa shape index (κ2) is 7.30. The van der Waals surface area contributed by atoms with Crippen molar-refractivity contribution < 1.29 is 17.2 Å². The number of halogens is 2. The lowest BCUT2D eigenvalue weighted by Gasteiger charge is -2.09. The van der Waals surface area contributed by atoms with E-state index in [2.05, 4.69) is 14.8 Å². The van der Waals surface area contributed by atoms with Crippen molar-refractivity contribution in [3.05, 3.63) is 71.7 Å². The van der Waals surface area contributed by atoms with Crippen LogP contribution in [0.5, 0.6) is 0 Å². The maximum absolute atomic E-state index is 13.2. The van der Waals surface area contributed by atoms with Gasteiger partial charge in [-0.1, -0.05) is 0 Å². The molecule has 1 N–H and O–H groups in total. The highest BCUT2D eigenvalue weighted by Crippen LogP contribution is 2.18. The number of benzene rings is 1. The molecule has 1 aromatic carbocycles. The summed E-state index contributed by atoms with van der Waals surface area (Å²) in [4.78, 5) is 4.11. The van der Waals surface area contributed by atoms with E-state index in [0.29, 0.717) is 11.6 Å². The number of nitrogens with zero attached hydrogens (tertiary/aromatic N) is 3. The van der Waals surface area contributed by atoms with Crippen molar-refractivity contribution in [2.24, 2.45) is 7.05 Å². The van der Waals surface area contributed by atoms with E-state index in [1.165, 1.54) is 0 Å². The van der Waals surface area contributed by atoms with Crippen LogP contribution in [0.4, 0.5) is 8.78 Å². The lowest BCUT2D eigenvalue weighted by atomic mass is 10.1. The third kappa shape index (κ3) is 4.50. The van der Waals surface area contributed by atoms with Crippen LogP contribution in [0, 0.1) is 11.6 Å². The molecule has 0 unspecified atom stereocenters. The van der Waals surface area contributed by atoms with Crippen LogP contribution in [-0.2, 0) is 29.4 Å². The molecule has 0 fully saturated rings. The summed E-state index contributed by atoms with van der Waals surface area (Å²) in [6, 6.07) is 6.30. The first kappa shape index (κ1) is 18.2. The predicted molar refractivity (Wildman–Crippen MR) is 92.3 cm³/mol. The van der Waals surface area contributed by atoms with Crippen LogP contribution in [0.1, 0.15) is 11.1 Å². The summed E-state index contributed by atoms with van der Waals surface area (Å²) in [5.74, 6) is -2.15. The zero-order chi connectivity index (χ0) is 18.7. The Morgan fingerprint density at radius 3 is 2.46 bits per heavy atom. The lowest BCUT2D eigenvalue weighted by molar-refractivity contribution is 0.574. The molecule has 0 aliphatic carbocycles. The molecule has 0 amide bonds. The summed E-state index contributed by atoms with van der Waals surface area (Å²) in [6.45, 7) is 0.0127. The number of hydrogen-bond donors (Lipinski definition) is 1. The predicted octanol–water partition coefficient (Wildman–Crippen LogP) is 2.38. The fraction of sp³-hybridized carbons (Fsp3) is 0.176. The fourth-order valence-corrected chi connectivity index (χ4v) is 3.63. The lowest BCUT2D eigenvalue weighted by Crippen LogP contribution is -2.25. The Morgan fingerprint density at radius 2 is 1.81 bits per heavy atom. The first-order chi connectivity index (χ1) is 12.3. The first-order valence-electron chi connectivity index (χ1n) is 7.67. The maximum Gasteiger partial charge on any atom is 0.216 e. The highest BCUT2D eigenvalue weighted by molar-refractivity contribution is 7.88. The summed E-state index contributed by atoms with van der Waals surface area (Å²) in [6.07, 6.45) is 4.86. The van der Waals surface area contributed by atoms with Gasteiger partial charge >= 0.3 is 0 Å². The molecule has 2 heterocycles. The van der Waals surface area contributed by atoms with E-state index in [1.54, 1.807) is 36.4 Å². The molecule has 0 bridgehead atoms. The van der Waals surface area contributed by atoms with Crippen LogP contribution in [-0.4, -0.2) is 23.2 Å². The van der Waals surface area contributed by atoms with Crippen LogP contribution in [0.15, 0.2) is 48.9 Å². The molecule has 2 aromatic heterocycles. The molecule has 0 saturated carbocycles. The Bertz CT molecular complexity index is 1010. The van der Waals surface area contributed by atoms with E-state index in [-0.39, 0.29) is 12.1 Å². The van der Waals surface area contributed by atoms with Crippen LogP contribution < -0.4 is 4.72 Å². The Morgan fingerprint density at radius 1 is 1.08 bits per heavy atom. The fourth-order valence-electron chi connectivity index (χ4n) is 2.54. The molecule has 0 spiro atoms. The summed E-state index contributed by atoms with van der Waals surface area (Å²) in [7, 11) is -1.98. The molecule has 0 radical (unpaired) electrons. The van der Waals surface area contributed by atoms with E-state index in [1.807, 2.05) is 6.07 Å². The van der Waals surface area contributed by atoms with Gasteiger partial charge in [-0.15, -0.1) is 0 Å². The molecular formula is C17H16F2N4O2S. The molecule has 26 heavy (non-hydrogen) atoms. The minimum absolute atomic E-state index is 0.0127. The van der Waals surface area contributed by atoms with E-state index in [9.17, 15) is 17.2 Å². The highest BCUT2D eigenvalue weighted by Gasteiger charge is 2.14. The molecular weight excluding hydrogens is 362 g/mol. The standard InChI is InChI=1S/C17H16F2N4O2S/c1-23-17(2-3-21-23)14-4-13(8-20-10-14)9-22-26(24,25)11-12-5-15(18)7-16(19)6-12/h2-8,10,22H,9,11H2,1H3. The van der Waals surface area contributed by atoms with Crippen LogP contribution in [0.3, 0.4) is 0 Å². The number of aryl methyl sites for hydroxylation is 1. The number of sulfonamides is 1. The van der Waals surface area contributed by atoms with Crippen LogP contribution in [0.25, 0.3) is 11.3 Å². The highest BCUT2D eigenvalue weighted by atomic mass is 32.2. The largest absolute Gasteiger partial charge is 0.268 e. The van der Waals surface area contributed by atoms with E-state index in [0.717, 1.165) is 23.4 Å². The van der Waals surface area contributed by atoms with Gasteiger partial charge < -0.3 is 0 Å². The summed E-state index contributed by atoms with van der Waals surface area (Å²) in [5, 5.41) is 4.09. The van der Waals surface area contributed by atoms with Gasteiger partial charge in [-0.05, 0) is 35.4 Å². The van der Waals surface area contributed by atoms with Crippen molar-refractivity contribution in [3.8, 4) is 11.3 Å². The SMILES string of the molecule is Cn1nccc1-c1cncc(CNS(=O)(=O)Cc2cc(F)cc(F)c2)c1. The zero-order valence-corrected chi connectivity index (χ0v) is 14.7. The van der Waals surface area contributed by atoms with Gasteiger partial charge in [0.15, 0.2) is 0 Å². The van der Waals surface area contributed by atoms with Crippen LogP contribution >= 0.6 is 0 Å². The van der Waals surface area contributed by atoms with Crippen molar-refractivity contribution in [2.45, 2.75) is 12.3 Å². The minimum Gasteiger partial charge on any atom is -0.268 e. The molecule has 3 aromatic rings. The van der Waals surface area contributed by atoms with Gasteiger partial charge in [-0.3, -0.25) is 9.67 Å². The van der Waals surface area contributed by atoms with Gasteiger partial charge in [0.05, 0.1) is 11.4 Å². The van der Waals surface area contributed by atoms with Crippen molar-refractivity contribution in [3.63, 3.8) is 0 Å². The average molecular weight is 378 g/mol. The minimum atomic E-state index is -3.77. The zero-order valence-electron chi connectivity index (χ0n) is 13.9. The Balaban J connectivity index is 1.71. The third-order valence-electron chi connectivity index (χ3n) is 3.69. The number of pyridine rings is 1. The van der Waals surface area contributed by atoms with Gasteiger partial charge in [-0.2, -0.15) is 5.10 Å². The smallest absolute Gasteiger partial charge is 0.216 e. The van der Waals surface area contributed by atoms with E-state index >= 15 is 0 Å². The second-order valence-corrected chi connectivity index (χ2v) is 7.59. The molecule has 6 nitrogen and oxygen atoms in total. The first-order valence-corrected chi connectivity index (χ1v) is 9.32. The van der Waals surface area contributed by atoms with Crippen LogP contribution in [0.2, 0.25) is 0 Å². The van der Waals surface area contributed by atoms with Gasteiger partial charge in [0.1, 0.15) is 11.6 Å². The van der Waals surface area contributed by atoms with Gasteiger partial charge in [0.25, 0.3) is 0 Å². The van der Waals surface area contributed by atoms with Gasteiger partial charge in [0, 0.05) is 43.8 Å². The average Bonchev–Trinajstić information content (AvgIpc) is 2.98. The van der Waals surface area contributed by atoms with Crippen molar-refractivity contribution in [1.29, 1.82) is 0 Å². The number of aromatic nitrogens is 3.